The second-order valence-electron chi connectivity index (χ2n) is 3.57. The molecular formula is C10H13ClF3N3O. The van der Waals surface area contributed by atoms with E-state index in [1.807, 2.05) is 0 Å². The number of hydrogen-bond acceptors (Lipinski definition) is 4. The van der Waals surface area contributed by atoms with Gasteiger partial charge in [-0.05, 0) is 6.92 Å². The molecule has 0 N–H and O–H groups in total. The molecule has 0 saturated carbocycles. The molecule has 8 heteroatoms. The van der Waals surface area contributed by atoms with Crippen molar-refractivity contribution in [2.45, 2.75) is 19.7 Å². The summed E-state index contributed by atoms with van der Waals surface area (Å²) in [6.07, 6.45) is -4.30. The van der Waals surface area contributed by atoms with Crippen molar-refractivity contribution >= 4 is 17.4 Å². The van der Waals surface area contributed by atoms with Crippen LogP contribution in [0, 0.1) is 0 Å². The first-order valence-electron chi connectivity index (χ1n) is 5.21. The maximum Gasteiger partial charge on any atom is 0.405 e. The first-order valence-corrected chi connectivity index (χ1v) is 5.58. The molecule has 1 aromatic rings. The quantitative estimate of drug-likeness (QED) is 0.779. The molecule has 0 radical (unpaired) electrons. The van der Waals surface area contributed by atoms with Crippen LogP contribution in [0.4, 0.5) is 19.0 Å². The van der Waals surface area contributed by atoms with Crippen molar-refractivity contribution < 1.29 is 17.9 Å². The van der Waals surface area contributed by atoms with E-state index in [4.69, 9.17) is 16.3 Å². The van der Waals surface area contributed by atoms with E-state index in [1.165, 1.54) is 13.1 Å². The largest absolute Gasteiger partial charge is 0.405 e. The molecule has 0 atom stereocenters. The topological polar surface area (TPSA) is 38.2 Å². The molecule has 0 unspecified atom stereocenters. The lowest BCUT2D eigenvalue weighted by Gasteiger charge is -2.20. The van der Waals surface area contributed by atoms with Gasteiger partial charge >= 0.3 is 6.18 Å². The van der Waals surface area contributed by atoms with E-state index in [0.29, 0.717) is 6.61 Å². The van der Waals surface area contributed by atoms with E-state index >= 15 is 0 Å². The summed E-state index contributed by atoms with van der Waals surface area (Å²) < 4.78 is 41.8. The fraction of sp³-hybridized carbons (Fsp3) is 0.600. The summed E-state index contributed by atoms with van der Waals surface area (Å²) in [7, 11) is 1.29. The number of hydrogen-bond donors (Lipinski definition) is 0. The Hall–Kier alpha value is -1.08. The normalized spacial score (nSPS) is 11.7. The Morgan fingerprint density at radius 1 is 1.39 bits per heavy atom. The number of anilines is 1. The van der Waals surface area contributed by atoms with Crippen LogP contribution in [0.1, 0.15) is 12.7 Å². The van der Waals surface area contributed by atoms with Gasteiger partial charge in [-0.2, -0.15) is 13.2 Å². The Bertz CT molecular complexity index is 400. The van der Waals surface area contributed by atoms with Crippen LogP contribution in [0.15, 0.2) is 6.07 Å². The first kappa shape index (κ1) is 15.0. The van der Waals surface area contributed by atoms with Crippen molar-refractivity contribution in [1.29, 1.82) is 0 Å². The molecule has 0 aliphatic rings. The molecule has 0 fully saturated rings. The SMILES string of the molecule is CCOCc1nc(Cl)cc(N(C)CC(F)(F)F)n1. The van der Waals surface area contributed by atoms with E-state index in [9.17, 15) is 13.2 Å². The summed E-state index contributed by atoms with van der Waals surface area (Å²) in [6, 6.07) is 1.28. The Morgan fingerprint density at radius 2 is 2.06 bits per heavy atom. The van der Waals surface area contributed by atoms with Crippen LogP contribution in [0.2, 0.25) is 5.15 Å². The van der Waals surface area contributed by atoms with Gasteiger partial charge in [-0.1, -0.05) is 11.6 Å². The number of halogens is 4. The average molecular weight is 284 g/mol. The van der Waals surface area contributed by atoms with E-state index < -0.39 is 12.7 Å². The predicted octanol–water partition coefficient (Wildman–Crippen LogP) is 2.67. The first-order chi connectivity index (χ1) is 8.31. The highest BCUT2D eigenvalue weighted by molar-refractivity contribution is 6.29. The van der Waals surface area contributed by atoms with Gasteiger partial charge in [0.1, 0.15) is 24.1 Å². The maximum absolute atomic E-state index is 12.3. The molecule has 102 valence electrons. The highest BCUT2D eigenvalue weighted by Crippen LogP contribution is 2.21. The molecule has 0 aliphatic heterocycles. The Kier molecular flexibility index (Phi) is 5.15. The molecule has 1 rings (SSSR count). The van der Waals surface area contributed by atoms with Crippen LogP contribution in [0.3, 0.4) is 0 Å². The van der Waals surface area contributed by atoms with Crippen molar-refractivity contribution in [3.8, 4) is 0 Å². The van der Waals surface area contributed by atoms with Crippen LogP contribution >= 0.6 is 11.6 Å². The van der Waals surface area contributed by atoms with E-state index in [1.54, 1.807) is 6.92 Å². The Labute approximate surface area is 108 Å². The summed E-state index contributed by atoms with van der Waals surface area (Å²) in [5.41, 5.74) is 0. The second-order valence-corrected chi connectivity index (χ2v) is 3.96. The van der Waals surface area contributed by atoms with Crippen molar-refractivity contribution in [1.82, 2.24) is 9.97 Å². The third-order valence-corrected chi connectivity index (χ3v) is 2.16. The van der Waals surface area contributed by atoms with Gasteiger partial charge < -0.3 is 9.64 Å². The zero-order valence-corrected chi connectivity index (χ0v) is 10.7. The van der Waals surface area contributed by atoms with Crippen LogP contribution in [0.25, 0.3) is 0 Å². The van der Waals surface area contributed by atoms with Gasteiger partial charge in [-0.3, -0.25) is 0 Å². The third-order valence-electron chi connectivity index (χ3n) is 1.97. The molecule has 1 aromatic heterocycles. The predicted molar refractivity (Wildman–Crippen MR) is 61.7 cm³/mol. The fourth-order valence-electron chi connectivity index (χ4n) is 1.25. The molecule has 0 bridgehead atoms. The third kappa shape index (κ3) is 5.05. The lowest BCUT2D eigenvalue weighted by molar-refractivity contribution is -0.119. The number of ether oxygens (including phenoxy) is 1. The van der Waals surface area contributed by atoms with Crippen molar-refractivity contribution in [3.05, 3.63) is 17.0 Å². The smallest absolute Gasteiger partial charge is 0.374 e. The lowest BCUT2D eigenvalue weighted by atomic mass is 10.4. The molecule has 0 spiro atoms. The van der Waals surface area contributed by atoms with Crippen molar-refractivity contribution in [3.63, 3.8) is 0 Å². The summed E-state index contributed by atoms with van der Waals surface area (Å²) in [5.74, 6) is 0.371. The van der Waals surface area contributed by atoms with Crippen molar-refractivity contribution in [2.75, 3.05) is 25.1 Å². The molecule has 0 amide bonds. The van der Waals surface area contributed by atoms with Gasteiger partial charge in [-0.15, -0.1) is 0 Å². The summed E-state index contributed by atoms with van der Waals surface area (Å²) in [6.45, 7) is 1.27. The van der Waals surface area contributed by atoms with Crippen LogP contribution in [-0.4, -0.2) is 36.3 Å². The fourth-order valence-corrected chi connectivity index (χ4v) is 1.45. The zero-order chi connectivity index (χ0) is 13.8. The highest BCUT2D eigenvalue weighted by atomic mass is 35.5. The minimum absolute atomic E-state index is 0.0868. The van der Waals surface area contributed by atoms with Crippen molar-refractivity contribution in [2.24, 2.45) is 0 Å². The van der Waals surface area contributed by atoms with Crippen LogP contribution in [0.5, 0.6) is 0 Å². The van der Waals surface area contributed by atoms with Gasteiger partial charge in [0.15, 0.2) is 5.82 Å². The Balaban J connectivity index is 2.84. The number of alkyl halides is 3. The number of rotatable bonds is 5. The summed E-state index contributed by atoms with van der Waals surface area (Å²) >= 11 is 5.73. The molecule has 18 heavy (non-hydrogen) atoms. The molecule has 0 aromatic carbocycles. The van der Waals surface area contributed by atoms with Crippen LogP contribution in [-0.2, 0) is 11.3 Å². The molecule has 0 aliphatic carbocycles. The molecule has 0 saturated heterocycles. The van der Waals surface area contributed by atoms with Gasteiger partial charge in [0, 0.05) is 19.7 Å². The summed E-state index contributed by atoms with van der Waals surface area (Å²) in [5, 5.41) is 0.0868. The van der Waals surface area contributed by atoms with Gasteiger partial charge in [0.25, 0.3) is 0 Å². The number of aromatic nitrogens is 2. The van der Waals surface area contributed by atoms with Gasteiger partial charge in [0.05, 0.1) is 0 Å². The number of nitrogens with zero attached hydrogens (tertiary/aromatic N) is 3. The van der Waals surface area contributed by atoms with Crippen LogP contribution < -0.4 is 4.90 Å². The van der Waals surface area contributed by atoms with E-state index in [2.05, 4.69) is 9.97 Å². The standard InChI is InChI=1S/C10H13ClF3N3O/c1-3-18-5-8-15-7(11)4-9(16-8)17(2)6-10(12,13)14/h4H,3,5-6H2,1-2H3. The van der Waals surface area contributed by atoms with Gasteiger partial charge in [-0.25, -0.2) is 9.97 Å². The lowest BCUT2D eigenvalue weighted by Crippen LogP contribution is -2.31. The summed E-state index contributed by atoms with van der Waals surface area (Å²) in [4.78, 5) is 8.79. The van der Waals surface area contributed by atoms with Gasteiger partial charge in [0.2, 0.25) is 0 Å². The second kappa shape index (κ2) is 6.19. The van der Waals surface area contributed by atoms with E-state index in [-0.39, 0.29) is 23.4 Å². The monoisotopic (exact) mass is 283 g/mol. The molecular weight excluding hydrogens is 271 g/mol. The zero-order valence-electron chi connectivity index (χ0n) is 9.96. The molecule has 4 nitrogen and oxygen atoms in total. The van der Waals surface area contributed by atoms with E-state index in [0.717, 1.165) is 4.90 Å². The maximum atomic E-state index is 12.3. The highest BCUT2D eigenvalue weighted by Gasteiger charge is 2.30. The minimum Gasteiger partial charge on any atom is -0.374 e. The Morgan fingerprint density at radius 3 is 2.61 bits per heavy atom. The average Bonchev–Trinajstić information content (AvgIpc) is 2.23. The molecule has 1 heterocycles. The minimum atomic E-state index is -4.30.